The highest BCUT2D eigenvalue weighted by atomic mass is 32.2. The molecule has 0 saturated heterocycles. The van der Waals surface area contributed by atoms with Crippen molar-refractivity contribution >= 4 is 17.4 Å². The van der Waals surface area contributed by atoms with Gasteiger partial charge in [-0.2, -0.15) is 5.26 Å². The van der Waals surface area contributed by atoms with Gasteiger partial charge < -0.3 is 5.73 Å². The molecule has 2 aromatic rings. The van der Waals surface area contributed by atoms with Crippen LogP contribution in [0.2, 0.25) is 0 Å². The van der Waals surface area contributed by atoms with Crippen molar-refractivity contribution in [1.82, 2.24) is 4.98 Å². The third-order valence-corrected chi connectivity index (χ3v) is 3.01. The van der Waals surface area contributed by atoms with Crippen LogP contribution < -0.4 is 5.73 Å². The van der Waals surface area contributed by atoms with Crippen molar-refractivity contribution in [2.45, 2.75) is 9.92 Å². The lowest BCUT2D eigenvalue weighted by Crippen LogP contribution is -1.86. The first-order valence-electron chi connectivity index (χ1n) is 4.68. The second-order valence-electron chi connectivity index (χ2n) is 3.14. The summed E-state index contributed by atoms with van der Waals surface area (Å²) in [7, 11) is 0. The summed E-state index contributed by atoms with van der Waals surface area (Å²) in [5, 5.41) is 9.63. The molecule has 0 unspecified atom stereocenters. The van der Waals surface area contributed by atoms with Crippen molar-refractivity contribution in [1.29, 1.82) is 5.26 Å². The Morgan fingerprint density at radius 2 is 1.94 bits per heavy atom. The van der Waals surface area contributed by atoms with Crippen LogP contribution in [0.4, 0.5) is 5.69 Å². The largest absolute Gasteiger partial charge is 0.399 e. The number of hydrogen-bond donors (Lipinski definition) is 1. The predicted molar refractivity (Wildman–Crippen MR) is 63.9 cm³/mol. The third-order valence-electron chi connectivity index (χ3n) is 1.99. The van der Waals surface area contributed by atoms with Crippen LogP contribution in [0.3, 0.4) is 0 Å². The van der Waals surface area contributed by atoms with Crippen molar-refractivity contribution in [3.8, 4) is 6.07 Å². The molecular formula is C12H9N3S. The number of benzene rings is 1. The fraction of sp³-hybridized carbons (Fsp3) is 0. The highest BCUT2D eigenvalue weighted by Gasteiger charge is 2.04. The number of nitrogens with zero attached hydrogens (tertiary/aromatic N) is 2. The Hall–Kier alpha value is -1.99. The Labute approximate surface area is 97.9 Å². The number of rotatable bonds is 2. The van der Waals surface area contributed by atoms with E-state index >= 15 is 0 Å². The number of hydrogen-bond acceptors (Lipinski definition) is 4. The summed E-state index contributed by atoms with van der Waals surface area (Å²) < 4.78 is 0. The number of aromatic nitrogens is 1. The highest BCUT2D eigenvalue weighted by molar-refractivity contribution is 7.99. The molecule has 0 spiro atoms. The third kappa shape index (κ3) is 2.33. The topological polar surface area (TPSA) is 62.7 Å². The summed E-state index contributed by atoms with van der Waals surface area (Å²) in [6, 6.07) is 13.1. The van der Waals surface area contributed by atoms with Gasteiger partial charge in [-0.3, -0.25) is 0 Å². The summed E-state index contributed by atoms with van der Waals surface area (Å²) in [6.07, 6.45) is 1.68. The van der Waals surface area contributed by atoms with Crippen molar-refractivity contribution in [2.24, 2.45) is 0 Å². The molecule has 0 atom stereocenters. The average Bonchev–Trinajstić information content (AvgIpc) is 2.33. The predicted octanol–water partition coefficient (Wildman–Crippen LogP) is 2.69. The lowest BCUT2D eigenvalue weighted by molar-refractivity contribution is 1.11. The summed E-state index contributed by atoms with van der Waals surface area (Å²) in [5.74, 6) is 0. The van der Waals surface area contributed by atoms with E-state index in [1.165, 1.54) is 11.8 Å². The minimum Gasteiger partial charge on any atom is -0.399 e. The van der Waals surface area contributed by atoms with Gasteiger partial charge in [-0.05, 0) is 36.4 Å². The molecule has 0 fully saturated rings. The molecule has 0 aliphatic carbocycles. The van der Waals surface area contributed by atoms with Gasteiger partial charge in [-0.1, -0.05) is 11.8 Å². The van der Waals surface area contributed by atoms with Crippen LogP contribution in [-0.4, -0.2) is 4.98 Å². The van der Waals surface area contributed by atoms with Crippen LogP contribution in [0, 0.1) is 11.3 Å². The van der Waals surface area contributed by atoms with Gasteiger partial charge >= 0.3 is 0 Å². The molecule has 1 aromatic carbocycles. The van der Waals surface area contributed by atoms with E-state index in [0.717, 1.165) is 15.6 Å². The molecular weight excluding hydrogens is 218 g/mol. The van der Waals surface area contributed by atoms with E-state index in [1.54, 1.807) is 18.3 Å². The minimum absolute atomic E-state index is 0.587. The second kappa shape index (κ2) is 4.69. The maximum Gasteiger partial charge on any atom is 0.119 e. The molecule has 2 N–H and O–H groups in total. The van der Waals surface area contributed by atoms with Crippen LogP contribution in [0.5, 0.6) is 0 Å². The zero-order chi connectivity index (χ0) is 11.4. The molecule has 0 aliphatic heterocycles. The van der Waals surface area contributed by atoms with Gasteiger partial charge in [0.1, 0.15) is 11.1 Å². The van der Waals surface area contributed by atoms with Gasteiger partial charge in [0, 0.05) is 16.8 Å². The lowest BCUT2D eigenvalue weighted by Gasteiger charge is -2.02. The Bertz CT molecular complexity index is 529. The van der Waals surface area contributed by atoms with Crippen molar-refractivity contribution in [3.63, 3.8) is 0 Å². The van der Waals surface area contributed by atoms with Crippen LogP contribution in [0.25, 0.3) is 0 Å². The summed E-state index contributed by atoms with van der Waals surface area (Å²) in [5.41, 5.74) is 6.91. The van der Waals surface area contributed by atoms with Crippen LogP contribution >= 0.6 is 11.8 Å². The number of anilines is 1. The smallest absolute Gasteiger partial charge is 0.119 e. The van der Waals surface area contributed by atoms with Gasteiger partial charge in [0.25, 0.3) is 0 Å². The van der Waals surface area contributed by atoms with E-state index < -0.39 is 0 Å². The molecule has 78 valence electrons. The SMILES string of the molecule is N#Cc1cccnc1Sc1ccc(N)cc1. The van der Waals surface area contributed by atoms with Gasteiger partial charge in [-0.15, -0.1) is 0 Å². The average molecular weight is 227 g/mol. The molecule has 1 aromatic heterocycles. The molecule has 4 heteroatoms. The molecule has 16 heavy (non-hydrogen) atoms. The molecule has 1 heterocycles. The molecule has 0 aliphatic rings. The quantitative estimate of drug-likeness (QED) is 0.801. The lowest BCUT2D eigenvalue weighted by atomic mass is 10.3. The normalized spacial score (nSPS) is 9.69. The van der Waals surface area contributed by atoms with E-state index in [-0.39, 0.29) is 0 Å². The fourth-order valence-electron chi connectivity index (χ4n) is 1.20. The Balaban J connectivity index is 2.27. The summed E-state index contributed by atoms with van der Waals surface area (Å²) in [6.45, 7) is 0. The van der Waals surface area contributed by atoms with Crippen molar-refractivity contribution in [2.75, 3.05) is 5.73 Å². The van der Waals surface area contributed by atoms with Crippen molar-refractivity contribution < 1.29 is 0 Å². The molecule has 3 nitrogen and oxygen atoms in total. The molecule has 0 bridgehead atoms. The van der Waals surface area contributed by atoms with Gasteiger partial charge in [-0.25, -0.2) is 4.98 Å². The Morgan fingerprint density at radius 3 is 2.62 bits per heavy atom. The van der Waals surface area contributed by atoms with Crippen molar-refractivity contribution in [3.05, 3.63) is 48.2 Å². The summed E-state index contributed by atoms with van der Waals surface area (Å²) in [4.78, 5) is 5.19. The first kappa shape index (κ1) is 10.5. The number of nitrogens with two attached hydrogens (primary N) is 1. The number of pyridine rings is 1. The zero-order valence-corrected chi connectivity index (χ0v) is 9.24. The molecule has 2 rings (SSSR count). The number of nitriles is 1. The van der Waals surface area contributed by atoms with E-state index in [0.29, 0.717) is 5.56 Å². The second-order valence-corrected chi connectivity index (χ2v) is 4.20. The van der Waals surface area contributed by atoms with E-state index in [9.17, 15) is 0 Å². The van der Waals surface area contributed by atoms with E-state index in [1.807, 2.05) is 24.3 Å². The standard InChI is InChI=1S/C12H9N3S/c13-8-9-2-1-7-15-12(9)16-11-5-3-10(14)4-6-11/h1-7H,14H2. The van der Waals surface area contributed by atoms with Gasteiger partial charge in [0.2, 0.25) is 0 Å². The molecule has 0 amide bonds. The zero-order valence-electron chi connectivity index (χ0n) is 8.42. The molecule has 0 radical (unpaired) electrons. The highest BCUT2D eigenvalue weighted by Crippen LogP contribution is 2.28. The fourth-order valence-corrected chi connectivity index (χ4v) is 2.04. The van der Waals surface area contributed by atoms with Gasteiger partial charge in [0.05, 0.1) is 5.56 Å². The van der Waals surface area contributed by atoms with Crippen LogP contribution in [-0.2, 0) is 0 Å². The first-order chi connectivity index (χ1) is 7.79. The molecule has 0 saturated carbocycles. The van der Waals surface area contributed by atoms with E-state index in [2.05, 4.69) is 11.1 Å². The first-order valence-corrected chi connectivity index (χ1v) is 5.50. The van der Waals surface area contributed by atoms with E-state index in [4.69, 9.17) is 11.0 Å². The van der Waals surface area contributed by atoms with Crippen LogP contribution in [0.15, 0.2) is 52.5 Å². The Morgan fingerprint density at radius 1 is 1.19 bits per heavy atom. The maximum atomic E-state index is 8.92. The monoisotopic (exact) mass is 227 g/mol. The van der Waals surface area contributed by atoms with Gasteiger partial charge in [0.15, 0.2) is 0 Å². The Kier molecular flexibility index (Phi) is 3.08. The summed E-state index contributed by atoms with van der Waals surface area (Å²) >= 11 is 1.46. The maximum absolute atomic E-state index is 8.92. The van der Waals surface area contributed by atoms with Crippen LogP contribution in [0.1, 0.15) is 5.56 Å². The minimum atomic E-state index is 0.587. The number of nitrogen functional groups attached to an aromatic ring is 1.